The Kier molecular flexibility index (Phi) is 10.1. The molecule has 0 radical (unpaired) electrons. The molecule has 2 aromatic rings. The van der Waals surface area contributed by atoms with Crippen LogP contribution < -0.4 is 5.73 Å². The number of benzene rings is 2. The maximum absolute atomic E-state index is 9.92. The Morgan fingerprint density at radius 1 is 0.957 bits per heavy atom. The van der Waals surface area contributed by atoms with Gasteiger partial charge in [0.25, 0.3) is 0 Å². The van der Waals surface area contributed by atoms with Crippen molar-refractivity contribution in [2.24, 2.45) is 5.73 Å². The van der Waals surface area contributed by atoms with Gasteiger partial charge in [0.2, 0.25) is 0 Å². The second-order valence-electron chi connectivity index (χ2n) is 5.57. The van der Waals surface area contributed by atoms with Crippen LogP contribution in [0.2, 0.25) is 0 Å². The van der Waals surface area contributed by atoms with E-state index in [0.717, 1.165) is 12.1 Å². The molecule has 23 heavy (non-hydrogen) atoms. The van der Waals surface area contributed by atoms with Crippen LogP contribution in [0.1, 0.15) is 24.1 Å². The van der Waals surface area contributed by atoms with Crippen molar-refractivity contribution in [3.05, 3.63) is 71.8 Å². The van der Waals surface area contributed by atoms with E-state index in [9.17, 15) is 5.11 Å². The summed E-state index contributed by atoms with van der Waals surface area (Å²) in [6.45, 7) is 2.54. The van der Waals surface area contributed by atoms with Gasteiger partial charge in [-0.05, 0) is 25.1 Å². The molecule has 0 spiro atoms. The van der Waals surface area contributed by atoms with E-state index >= 15 is 0 Å². The quantitative estimate of drug-likeness (QED) is 0.833. The van der Waals surface area contributed by atoms with Crippen LogP contribution >= 0.6 is 24.8 Å². The fourth-order valence-electron chi connectivity index (χ4n) is 2.65. The lowest BCUT2D eigenvalue weighted by Crippen LogP contribution is -2.45. The first-order chi connectivity index (χ1) is 10.1. The van der Waals surface area contributed by atoms with Crippen LogP contribution in [0.25, 0.3) is 0 Å². The zero-order chi connectivity index (χ0) is 15.2. The number of nitrogens with zero attached hydrogens (tertiary/aromatic N) is 1. The largest absolute Gasteiger partial charge is 0.392 e. The maximum Gasteiger partial charge on any atom is 0.0681 e. The van der Waals surface area contributed by atoms with Gasteiger partial charge in [0.05, 0.1) is 18.2 Å². The molecule has 3 atom stereocenters. The van der Waals surface area contributed by atoms with E-state index in [-0.39, 0.29) is 36.9 Å². The van der Waals surface area contributed by atoms with E-state index in [1.807, 2.05) is 43.4 Å². The number of hydrogen-bond acceptors (Lipinski definition) is 3. The Balaban J connectivity index is 0.00000242. The third-order valence-electron chi connectivity index (χ3n) is 3.81. The molecule has 1 unspecified atom stereocenters. The summed E-state index contributed by atoms with van der Waals surface area (Å²) >= 11 is 0. The van der Waals surface area contributed by atoms with Crippen molar-refractivity contribution in [2.75, 3.05) is 7.05 Å². The molecule has 3 nitrogen and oxygen atoms in total. The van der Waals surface area contributed by atoms with Gasteiger partial charge in [-0.2, -0.15) is 0 Å². The second kappa shape index (κ2) is 10.6. The summed E-state index contributed by atoms with van der Waals surface area (Å²) < 4.78 is 0. The number of hydrogen-bond donors (Lipinski definition) is 2. The summed E-state index contributed by atoms with van der Waals surface area (Å²) in [5, 5.41) is 9.92. The van der Waals surface area contributed by atoms with Crippen LogP contribution in [-0.2, 0) is 6.54 Å². The number of nitrogens with two attached hydrogens (primary N) is 1. The van der Waals surface area contributed by atoms with Crippen LogP contribution in [0.15, 0.2) is 60.7 Å². The molecule has 0 fully saturated rings. The fourth-order valence-corrected chi connectivity index (χ4v) is 2.65. The third-order valence-corrected chi connectivity index (χ3v) is 3.81. The van der Waals surface area contributed by atoms with E-state index in [2.05, 4.69) is 29.2 Å². The molecule has 5 heteroatoms. The van der Waals surface area contributed by atoms with Gasteiger partial charge < -0.3 is 10.8 Å². The molecule has 2 aromatic carbocycles. The lowest BCUT2D eigenvalue weighted by molar-refractivity contribution is 0.0974. The SMILES string of the molecule is C[C@H](O)[C@H](N)C(c1ccccc1)N(C)Cc1ccccc1.Cl.Cl. The number of likely N-dealkylation sites (N-methyl/N-ethyl adjacent to an activating group) is 1. The molecule has 0 amide bonds. The molecule has 0 aliphatic carbocycles. The maximum atomic E-state index is 9.92. The topological polar surface area (TPSA) is 49.5 Å². The number of halogens is 2. The van der Waals surface area contributed by atoms with Crippen molar-refractivity contribution in [1.29, 1.82) is 0 Å². The monoisotopic (exact) mass is 356 g/mol. The van der Waals surface area contributed by atoms with Gasteiger partial charge in [0.1, 0.15) is 0 Å². The van der Waals surface area contributed by atoms with Crippen LogP contribution in [0.5, 0.6) is 0 Å². The van der Waals surface area contributed by atoms with Crippen LogP contribution in [0.4, 0.5) is 0 Å². The van der Waals surface area contributed by atoms with E-state index in [4.69, 9.17) is 5.73 Å². The first-order valence-corrected chi connectivity index (χ1v) is 7.32. The zero-order valence-electron chi connectivity index (χ0n) is 13.5. The molecule has 0 aliphatic heterocycles. The smallest absolute Gasteiger partial charge is 0.0681 e. The van der Waals surface area contributed by atoms with Gasteiger partial charge in [0, 0.05) is 6.54 Å². The van der Waals surface area contributed by atoms with Gasteiger partial charge in [-0.25, -0.2) is 0 Å². The molecular formula is C18H26Cl2N2O. The molecule has 0 heterocycles. The first kappa shape index (κ1) is 21.9. The van der Waals surface area contributed by atoms with Gasteiger partial charge >= 0.3 is 0 Å². The van der Waals surface area contributed by atoms with Crippen molar-refractivity contribution in [1.82, 2.24) is 4.90 Å². The van der Waals surface area contributed by atoms with Crippen LogP contribution in [0.3, 0.4) is 0 Å². The summed E-state index contributed by atoms with van der Waals surface area (Å²) in [5.74, 6) is 0. The number of aliphatic hydroxyl groups excluding tert-OH is 1. The van der Waals surface area contributed by atoms with E-state index in [1.165, 1.54) is 5.56 Å². The van der Waals surface area contributed by atoms with Crippen molar-refractivity contribution in [2.45, 2.75) is 31.7 Å². The Hall–Kier alpha value is -1.10. The normalized spacial score (nSPS) is 14.3. The van der Waals surface area contributed by atoms with Crippen LogP contribution in [-0.4, -0.2) is 29.2 Å². The van der Waals surface area contributed by atoms with E-state index < -0.39 is 6.10 Å². The molecule has 3 N–H and O–H groups in total. The van der Waals surface area contributed by atoms with Crippen molar-refractivity contribution >= 4 is 24.8 Å². The minimum absolute atomic E-state index is 0. The predicted molar refractivity (Wildman–Crippen MR) is 101 cm³/mol. The lowest BCUT2D eigenvalue weighted by Gasteiger charge is -2.34. The van der Waals surface area contributed by atoms with E-state index in [1.54, 1.807) is 6.92 Å². The second-order valence-corrected chi connectivity index (χ2v) is 5.57. The lowest BCUT2D eigenvalue weighted by atomic mass is 9.95. The summed E-state index contributed by atoms with van der Waals surface area (Å²) in [5.41, 5.74) is 8.62. The summed E-state index contributed by atoms with van der Waals surface area (Å²) in [7, 11) is 2.05. The molecule has 0 bridgehead atoms. The Morgan fingerprint density at radius 2 is 1.43 bits per heavy atom. The fraction of sp³-hybridized carbons (Fsp3) is 0.333. The third kappa shape index (κ3) is 6.13. The van der Waals surface area contributed by atoms with Crippen molar-refractivity contribution in [3.8, 4) is 0 Å². The molecule has 0 aliphatic rings. The Morgan fingerprint density at radius 3 is 1.91 bits per heavy atom. The highest BCUT2D eigenvalue weighted by atomic mass is 35.5. The zero-order valence-corrected chi connectivity index (χ0v) is 15.1. The molecular weight excluding hydrogens is 331 g/mol. The number of aliphatic hydroxyl groups is 1. The van der Waals surface area contributed by atoms with E-state index in [0.29, 0.717) is 0 Å². The minimum Gasteiger partial charge on any atom is -0.392 e. The van der Waals surface area contributed by atoms with Gasteiger partial charge in [-0.15, -0.1) is 24.8 Å². The number of rotatable bonds is 6. The standard InChI is InChI=1S/C18H24N2O.2ClH/c1-14(21)17(19)18(16-11-7-4-8-12-16)20(2)13-15-9-5-3-6-10-15;;/h3-12,14,17-18,21H,13,19H2,1-2H3;2*1H/t14-,17-,18?;;/m0../s1. The summed E-state index contributed by atoms with van der Waals surface area (Å²) in [6, 6.07) is 20.1. The molecule has 0 aromatic heterocycles. The van der Waals surface area contributed by atoms with Crippen molar-refractivity contribution in [3.63, 3.8) is 0 Å². The highest BCUT2D eigenvalue weighted by molar-refractivity contribution is 5.85. The molecule has 0 saturated carbocycles. The van der Waals surface area contributed by atoms with Crippen molar-refractivity contribution < 1.29 is 5.11 Å². The molecule has 2 rings (SSSR count). The average molecular weight is 357 g/mol. The van der Waals surface area contributed by atoms with Gasteiger partial charge in [-0.3, -0.25) is 4.90 Å². The average Bonchev–Trinajstić information content (AvgIpc) is 2.49. The summed E-state index contributed by atoms with van der Waals surface area (Å²) in [4.78, 5) is 2.20. The Labute approximate surface area is 151 Å². The molecule has 128 valence electrons. The summed E-state index contributed by atoms with van der Waals surface area (Å²) in [6.07, 6.45) is -0.562. The van der Waals surface area contributed by atoms with Crippen LogP contribution in [0, 0.1) is 0 Å². The highest BCUT2D eigenvalue weighted by Gasteiger charge is 2.27. The first-order valence-electron chi connectivity index (χ1n) is 7.32. The van der Waals surface area contributed by atoms with Gasteiger partial charge in [-0.1, -0.05) is 60.7 Å². The van der Waals surface area contributed by atoms with Gasteiger partial charge in [0.15, 0.2) is 0 Å². The molecule has 0 saturated heterocycles. The minimum atomic E-state index is -0.562. The Bertz CT molecular complexity index is 537. The highest BCUT2D eigenvalue weighted by Crippen LogP contribution is 2.25. The predicted octanol–water partition coefficient (Wildman–Crippen LogP) is 3.41.